The van der Waals surface area contributed by atoms with E-state index in [9.17, 15) is 4.79 Å². The van der Waals surface area contributed by atoms with Crippen LogP contribution in [0.1, 0.15) is 16.7 Å². The highest BCUT2D eigenvalue weighted by atomic mass is 16.1. The number of nitrogens with one attached hydrogen (secondary N) is 1. The van der Waals surface area contributed by atoms with Crippen molar-refractivity contribution in [1.29, 1.82) is 0 Å². The van der Waals surface area contributed by atoms with Gasteiger partial charge in [-0.25, -0.2) is 0 Å². The van der Waals surface area contributed by atoms with Crippen molar-refractivity contribution in [3.8, 4) is 11.8 Å². The standard InChI is InChI=1S/C18H17NO/c1-15-6-5-9-17(14-15)10-11-18(20)19-13-12-16-7-3-2-4-8-16/h2-9,14H,12-13H2,1H3,(H,19,20). The second kappa shape index (κ2) is 7.16. The van der Waals surface area contributed by atoms with Gasteiger partial charge in [0, 0.05) is 18.0 Å². The third-order valence-corrected chi connectivity index (χ3v) is 2.88. The highest BCUT2D eigenvalue weighted by molar-refractivity contribution is 5.94. The maximum absolute atomic E-state index is 11.6. The van der Waals surface area contributed by atoms with E-state index in [1.807, 2.05) is 61.5 Å². The van der Waals surface area contributed by atoms with Crippen LogP contribution in [0.5, 0.6) is 0 Å². The molecule has 100 valence electrons. The molecule has 0 aliphatic heterocycles. The molecule has 0 unspecified atom stereocenters. The molecule has 0 heterocycles. The van der Waals surface area contributed by atoms with Crippen LogP contribution in [0, 0.1) is 18.8 Å². The number of amides is 1. The van der Waals surface area contributed by atoms with Gasteiger partial charge in [0.1, 0.15) is 0 Å². The second-order valence-electron chi connectivity index (χ2n) is 4.61. The predicted octanol–water partition coefficient (Wildman–Crippen LogP) is 2.71. The molecular weight excluding hydrogens is 246 g/mol. The van der Waals surface area contributed by atoms with E-state index in [1.165, 1.54) is 5.56 Å². The number of benzene rings is 2. The van der Waals surface area contributed by atoms with Crippen molar-refractivity contribution in [3.05, 3.63) is 71.3 Å². The lowest BCUT2D eigenvalue weighted by molar-refractivity contribution is -0.115. The van der Waals surface area contributed by atoms with Gasteiger partial charge in [-0.1, -0.05) is 48.4 Å². The van der Waals surface area contributed by atoms with Crippen LogP contribution in [0.2, 0.25) is 0 Å². The van der Waals surface area contributed by atoms with Crippen LogP contribution in [0.3, 0.4) is 0 Å². The van der Waals surface area contributed by atoms with Gasteiger partial charge in [-0.05, 0) is 36.6 Å². The Bertz CT molecular complexity index is 635. The van der Waals surface area contributed by atoms with Crippen molar-refractivity contribution >= 4 is 5.91 Å². The summed E-state index contributed by atoms with van der Waals surface area (Å²) in [5.74, 6) is 5.25. The number of hydrogen-bond acceptors (Lipinski definition) is 1. The minimum absolute atomic E-state index is 0.234. The molecule has 0 bridgehead atoms. The van der Waals surface area contributed by atoms with E-state index in [0.717, 1.165) is 17.5 Å². The van der Waals surface area contributed by atoms with Gasteiger partial charge in [0.05, 0.1) is 0 Å². The number of carbonyl (C=O) groups is 1. The Morgan fingerprint density at radius 2 is 1.90 bits per heavy atom. The summed E-state index contributed by atoms with van der Waals surface area (Å²) in [6.45, 7) is 2.61. The number of carbonyl (C=O) groups excluding carboxylic acids is 1. The van der Waals surface area contributed by atoms with E-state index >= 15 is 0 Å². The van der Waals surface area contributed by atoms with Crippen LogP contribution < -0.4 is 5.32 Å². The van der Waals surface area contributed by atoms with Gasteiger partial charge in [-0.15, -0.1) is 0 Å². The molecule has 0 aliphatic carbocycles. The van der Waals surface area contributed by atoms with E-state index < -0.39 is 0 Å². The molecule has 0 atom stereocenters. The molecule has 2 rings (SSSR count). The molecule has 0 fully saturated rings. The molecule has 0 saturated carbocycles. The minimum Gasteiger partial charge on any atom is -0.345 e. The van der Waals surface area contributed by atoms with Crippen LogP contribution in [0.4, 0.5) is 0 Å². The van der Waals surface area contributed by atoms with Crippen LogP contribution in [0.15, 0.2) is 54.6 Å². The molecule has 2 aromatic carbocycles. The lowest BCUT2D eigenvalue weighted by atomic mass is 10.1. The molecule has 2 nitrogen and oxygen atoms in total. The van der Waals surface area contributed by atoms with Gasteiger partial charge < -0.3 is 5.32 Å². The van der Waals surface area contributed by atoms with E-state index in [4.69, 9.17) is 0 Å². The Hall–Kier alpha value is -2.53. The van der Waals surface area contributed by atoms with E-state index in [-0.39, 0.29) is 5.91 Å². The monoisotopic (exact) mass is 263 g/mol. The first-order valence-electron chi connectivity index (χ1n) is 6.64. The van der Waals surface area contributed by atoms with Crippen molar-refractivity contribution in [2.24, 2.45) is 0 Å². The zero-order chi connectivity index (χ0) is 14.2. The van der Waals surface area contributed by atoms with Gasteiger partial charge in [-0.3, -0.25) is 4.79 Å². The summed E-state index contributed by atoms with van der Waals surface area (Å²) in [5.41, 5.74) is 3.21. The molecule has 0 radical (unpaired) electrons. The Morgan fingerprint density at radius 3 is 2.65 bits per heavy atom. The third-order valence-electron chi connectivity index (χ3n) is 2.88. The first-order chi connectivity index (χ1) is 9.74. The summed E-state index contributed by atoms with van der Waals surface area (Å²) in [6.07, 6.45) is 0.818. The fraction of sp³-hybridized carbons (Fsp3) is 0.167. The molecule has 2 aromatic rings. The van der Waals surface area contributed by atoms with Gasteiger partial charge in [-0.2, -0.15) is 0 Å². The Kier molecular flexibility index (Phi) is 4.97. The number of rotatable bonds is 3. The van der Waals surface area contributed by atoms with Crippen molar-refractivity contribution in [1.82, 2.24) is 5.32 Å². The average Bonchev–Trinajstić information content (AvgIpc) is 2.46. The van der Waals surface area contributed by atoms with Crippen molar-refractivity contribution in [2.45, 2.75) is 13.3 Å². The Morgan fingerprint density at radius 1 is 1.10 bits per heavy atom. The smallest absolute Gasteiger partial charge is 0.296 e. The molecule has 0 saturated heterocycles. The normalized spacial score (nSPS) is 9.45. The zero-order valence-corrected chi connectivity index (χ0v) is 11.5. The molecule has 1 amide bonds. The fourth-order valence-electron chi connectivity index (χ4n) is 1.86. The van der Waals surface area contributed by atoms with E-state index in [2.05, 4.69) is 17.2 Å². The molecule has 1 N–H and O–H groups in total. The van der Waals surface area contributed by atoms with Crippen LogP contribution in [0.25, 0.3) is 0 Å². The number of aryl methyl sites for hydroxylation is 1. The average molecular weight is 263 g/mol. The largest absolute Gasteiger partial charge is 0.345 e. The lowest BCUT2D eigenvalue weighted by Gasteiger charge is -2.01. The summed E-state index contributed by atoms with van der Waals surface area (Å²) in [7, 11) is 0. The van der Waals surface area contributed by atoms with Crippen molar-refractivity contribution in [3.63, 3.8) is 0 Å². The first kappa shape index (κ1) is 13.9. The van der Waals surface area contributed by atoms with Gasteiger partial charge in [0.15, 0.2) is 0 Å². The maximum Gasteiger partial charge on any atom is 0.296 e. The predicted molar refractivity (Wildman–Crippen MR) is 81.2 cm³/mol. The minimum atomic E-state index is -0.234. The van der Waals surface area contributed by atoms with E-state index in [1.54, 1.807) is 0 Å². The first-order valence-corrected chi connectivity index (χ1v) is 6.64. The van der Waals surface area contributed by atoms with E-state index in [0.29, 0.717) is 6.54 Å². The van der Waals surface area contributed by atoms with Crippen LogP contribution in [-0.2, 0) is 11.2 Å². The quantitative estimate of drug-likeness (QED) is 0.848. The third kappa shape index (κ3) is 4.62. The maximum atomic E-state index is 11.6. The van der Waals surface area contributed by atoms with Gasteiger partial charge in [0.2, 0.25) is 0 Å². The Labute approximate surface area is 119 Å². The number of hydrogen-bond donors (Lipinski definition) is 1. The summed E-state index contributed by atoms with van der Waals surface area (Å²) in [6, 6.07) is 17.9. The van der Waals surface area contributed by atoms with Crippen LogP contribution >= 0.6 is 0 Å². The molecular formula is C18H17NO. The highest BCUT2D eigenvalue weighted by Gasteiger charge is 1.96. The highest BCUT2D eigenvalue weighted by Crippen LogP contribution is 2.01. The summed E-state index contributed by atoms with van der Waals surface area (Å²) < 4.78 is 0. The van der Waals surface area contributed by atoms with Crippen molar-refractivity contribution in [2.75, 3.05) is 6.54 Å². The van der Waals surface area contributed by atoms with Crippen molar-refractivity contribution < 1.29 is 4.79 Å². The molecule has 0 spiro atoms. The second-order valence-corrected chi connectivity index (χ2v) is 4.61. The molecule has 0 aromatic heterocycles. The van der Waals surface area contributed by atoms with Gasteiger partial charge >= 0.3 is 0 Å². The zero-order valence-electron chi connectivity index (χ0n) is 11.5. The lowest BCUT2D eigenvalue weighted by Crippen LogP contribution is -2.23. The Balaban J connectivity index is 1.82. The molecule has 0 aliphatic rings. The fourth-order valence-corrected chi connectivity index (χ4v) is 1.86. The summed E-state index contributed by atoms with van der Waals surface area (Å²) in [4.78, 5) is 11.6. The topological polar surface area (TPSA) is 29.1 Å². The molecule has 20 heavy (non-hydrogen) atoms. The summed E-state index contributed by atoms with van der Waals surface area (Å²) >= 11 is 0. The molecule has 2 heteroatoms. The summed E-state index contributed by atoms with van der Waals surface area (Å²) in [5, 5.41) is 2.80. The van der Waals surface area contributed by atoms with Crippen LogP contribution in [-0.4, -0.2) is 12.5 Å². The van der Waals surface area contributed by atoms with Gasteiger partial charge in [0.25, 0.3) is 5.91 Å². The SMILES string of the molecule is Cc1cccc(C#CC(=O)NCCc2ccccc2)c1.